The van der Waals surface area contributed by atoms with Gasteiger partial charge in [0.05, 0.1) is 5.69 Å². The summed E-state index contributed by atoms with van der Waals surface area (Å²) in [6.07, 6.45) is 8.06. The fourth-order valence-electron chi connectivity index (χ4n) is 9.64. The highest BCUT2D eigenvalue weighted by molar-refractivity contribution is 6.18. The fourth-order valence-corrected chi connectivity index (χ4v) is 9.64. The Morgan fingerprint density at radius 1 is 0.417 bits per heavy atom. The van der Waals surface area contributed by atoms with Gasteiger partial charge in [0.15, 0.2) is 0 Å². The van der Waals surface area contributed by atoms with E-state index in [4.69, 9.17) is 4.42 Å². The number of nitrogens with zero attached hydrogens (tertiary/aromatic N) is 1. The van der Waals surface area contributed by atoms with Crippen LogP contribution in [0.1, 0.15) is 23.5 Å². The van der Waals surface area contributed by atoms with Gasteiger partial charge in [-0.15, -0.1) is 0 Å². The summed E-state index contributed by atoms with van der Waals surface area (Å²) in [5.41, 5.74) is 11.1. The quantitative estimate of drug-likeness (QED) is 0.157. The van der Waals surface area contributed by atoms with Crippen molar-refractivity contribution in [1.82, 2.24) is 0 Å². The van der Waals surface area contributed by atoms with Crippen LogP contribution in [0.25, 0.3) is 81.7 Å². The van der Waals surface area contributed by atoms with Crippen molar-refractivity contribution in [3.63, 3.8) is 0 Å². The number of anilines is 3. The highest BCUT2D eigenvalue weighted by Gasteiger charge is 2.22. The lowest BCUT2D eigenvalue weighted by Crippen LogP contribution is -2.11. The van der Waals surface area contributed by atoms with E-state index in [1.807, 2.05) is 0 Å². The Hall–Kier alpha value is -7.68. The van der Waals surface area contributed by atoms with Crippen molar-refractivity contribution in [2.75, 3.05) is 4.90 Å². The topological polar surface area (TPSA) is 16.4 Å². The molecule has 0 saturated carbocycles. The second-order valence-electron chi connectivity index (χ2n) is 16.0. The lowest BCUT2D eigenvalue weighted by molar-refractivity contribution is 0.674. The summed E-state index contributed by atoms with van der Waals surface area (Å²) in [7, 11) is 0. The van der Waals surface area contributed by atoms with Gasteiger partial charge in [0, 0.05) is 44.6 Å². The maximum Gasteiger partial charge on any atom is 0.143 e. The lowest BCUT2D eigenvalue weighted by atomic mass is 9.86. The first-order chi connectivity index (χ1) is 29.7. The smallest absolute Gasteiger partial charge is 0.143 e. The molecular formula is C58H39NO. The van der Waals surface area contributed by atoms with Crippen LogP contribution in [-0.4, -0.2) is 0 Å². The van der Waals surface area contributed by atoms with Crippen molar-refractivity contribution in [1.29, 1.82) is 0 Å². The maximum absolute atomic E-state index is 6.90. The molecule has 1 aliphatic rings. The molecule has 2 heteroatoms. The number of fused-ring (bicyclic) bond motifs is 9. The predicted molar refractivity (Wildman–Crippen MR) is 255 cm³/mol. The van der Waals surface area contributed by atoms with Crippen LogP contribution in [-0.2, 0) is 0 Å². The highest BCUT2D eigenvalue weighted by Crippen LogP contribution is 2.46. The summed E-state index contributed by atoms with van der Waals surface area (Å²) in [5, 5.41) is 12.1. The Balaban J connectivity index is 0.978. The van der Waals surface area contributed by atoms with Crippen LogP contribution in [0.3, 0.4) is 0 Å². The number of furan rings is 1. The molecule has 0 aliphatic heterocycles. The standard InChI is InChI=1S/C58H39NO/c1-4-15-47-40(11-1)14-9-19-49(47)43-25-23-38(24-26-43)39-29-32-45(33-30-39)59(46-34-36-50-44(37-46)28-27-41-12-2-5-16-48(41)50)56-22-8-7-18-52(56)53-20-10-21-54-55-35-31-42-13-3-6-17-51(42)57(55)60-58(53)54/h1-25,27-37,43H,26H2. The normalized spacial score (nSPS) is 14.1. The summed E-state index contributed by atoms with van der Waals surface area (Å²) in [6.45, 7) is 0. The number of hydrogen-bond donors (Lipinski definition) is 0. The van der Waals surface area contributed by atoms with E-state index in [2.05, 4.69) is 223 Å². The molecule has 2 nitrogen and oxygen atoms in total. The third-order valence-corrected chi connectivity index (χ3v) is 12.6. The van der Waals surface area contributed by atoms with Gasteiger partial charge in [-0.05, 0) is 97.2 Å². The molecule has 1 heterocycles. The number of hydrogen-bond acceptors (Lipinski definition) is 2. The van der Waals surface area contributed by atoms with Gasteiger partial charge in [-0.1, -0.05) is 182 Å². The third kappa shape index (κ3) is 5.64. The van der Waals surface area contributed by atoms with Crippen molar-refractivity contribution in [3.05, 3.63) is 230 Å². The molecule has 282 valence electrons. The number of rotatable bonds is 6. The molecule has 0 amide bonds. The first-order valence-corrected chi connectivity index (χ1v) is 20.9. The van der Waals surface area contributed by atoms with Crippen LogP contribution < -0.4 is 4.90 Å². The van der Waals surface area contributed by atoms with E-state index in [9.17, 15) is 0 Å². The second kappa shape index (κ2) is 14.0. The summed E-state index contributed by atoms with van der Waals surface area (Å²) in [6, 6.07) is 72.7. The summed E-state index contributed by atoms with van der Waals surface area (Å²) in [5.74, 6) is 0.353. The van der Waals surface area contributed by atoms with Gasteiger partial charge in [0.25, 0.3) is 0 Å². The van der Waals surface area contributed by atoms with Crippen molar-refractivity contribution in [2.24, 2.45) is 0 Å². The molecule has 1 atom stereocenters. The van der Waals surface area contributed by atoms with Gasteiger partial charge < -0.3 is 9.32 Å². The first kappa shape index (κ1) is 34.4. The van der Waals surface area contributed by atoms with E-state index in [-0.39, 0.29) is 0 Å². The van der Waals surface area contributed by atoms with Crippen molar-refractivity contribution in [2.45, 2.75) is 12.3 Å². The van der Waals surface area contributed by atoms with Crippen LogP contribution in [0.15, 0.2) is 223 Å². The maximum atomic E-state index is 6.90. The Morgan fingerprint density at radius 2 is 1.00 bits per heavy atom. The van der Waals surface area contributed by atoms with E-state index >= 15 is 0 Å². The Morgan fingerprint density at radius 3 is 1.83 bits per heavy atom. The zero-order chi connectivity index (χ0) is 39.6. The van der Waals surface area contributed by atoms with Gasteiger partial charge >= 0.3 is 0 Å². The highest BCUT2D eigenvalue weighted by atomic mass is 16.3. The molecule has 1 aliphatic carbocycles. The molecule has 0 N–H and O–H groups in total. The minimum Gasteiger partial charge on any atom is -0.455 e. The number of benzene rings is 10. The molecular weight excluding hydrogens is 727 g/mol. The van der Waals surface area contributed by atoms with Crippen molar-refractivity contribution < 1.29 is 4.42 Å². The number of para-hydroxylation sites is 2. The van der Waals surface area contributed by atoms with Gasteiger partial charge in [-0.3, -0.25) is 0 Å². The SMILES string of the molecule is C1=CC(c2cccc3ccccc23)CC=C1c1ccc(N(c2ccc3c(ccc4ccccc43)c2)c2ccccc2-c2cccc3c2oc2c4ccccc4ccc32)cc1. The van der Waals surface area contributed by atoms with Gasteiger partial charge in [0.1, 0.15) is 11.2 Å². The monoisotopic (exact) mass is 765 g/mol. The Bertz CT molecular complexity index is 3530. The van der Waals surface area contributed by atoms with Gasteiger partial charge in [0.2, 0.25) is 0 Å². The van der Waals surface area contributed by atoms with Gasteiger partial charge in [-0.25, -0.2) is 0 Å². The average Bonchev–Trinajstić information content (AvgIpc) is 3.72. The zero-order valence-electron chi connectivity index (χ0n) is 32.9. The average molecular weight is 766 g/mol. The lowest BCUT2D eigenvalue weighted by Gasteiger charge is -2.28. The summed E-state index contributed by atoms with van der Waals surface area (Å²) in [4.78, 5) is 2.41. The molecule has 10 aromatic carbocycles. The van der Waals surface area contributed by atoms with Crippen LogP contribution in [0.2, 0.25) is 0 Å². The van der Waals surface area contributed by atoms with Crippen molar-refractivity contribution in [3.8, 4) is 11.1 Å². The van der Waals surface area contributed by atoms with E-state index in [1.54, 1.807) is 0 Å². The molecule has 0 radical (unpaired) electrons. The van der Waals surface area contributed by atoms with Crippen LogP contribution in [0.4, 0.5) is 17.1 Å². The van der Waals surface area contributed by atoms with Crippen LogP contribution in [0, 0.1) is 0 Å². The minimum atomic E-state index is 0.353. The van der Waals surface area contributed by atoms with Gasteiger partial charge in [-0.2, -0.15) is 0 Å². The van der Waals surface area contributed by atoms with Crippen LogP contribution in [0.5, 0.6) is 0 Å². The van der Waals surface area contributed by atoms with E-state index in [0.29, 0.717) is 5.92 Å². The van der Waals surface area contributed by atoms with Crippen molar-refractivity contribution >= 4 is 87.7 Å². The first-order valence-electron chi connectivity index (χ1n) is 20.9. The third-order valence-electron chi connectivity index (χ3n) is 12.6. The number of allylic oxidation sites excluding steroid dienone is 4. The molecule has 0 bridgehead atoms. The second-order valence-corrected chi connectivity index (χ2v) is 16.0. The Kier molecular flexibility index (Phi) is 8.02. The molecule has 11 aromatic rings. The molecule has 1 aromatic heterocycles. The Labute approximate surface area is 348 Å². The molecule has 1 unspecified atom stereocenters. The van der Waals surface area contributed by atoms with E-state index in [1.165, 1.54) is 54.4 Å². The van der Waals surface area contributed by atoms with Crippen LogP contribution >= 0.6 is 0 Å². The summed E-state index contributed by atoms with van der Waals surface area (Å²) >= 11 is 0. The van der Waals surface area contributed by atoms with E-state index < -0.39 is 0 Å². The predicted octanol–water partition coefficient (Wildman–Crippen LogP) is 16.5. The molecule has 12 rings (SSSR count). The zero-order valence-corrected chi connectivity index (χ0v) is 32.9. The van der Waals surface area contributed by atoms with E-state index in [0.717, 1.165) is 61.9 Å². The largest absolute Gasteiger partial charge is 0.455 e. The molecule has 60 heavy (non-hydrogen) atoms. The molecule has 0 saturated heterocycles. The fraction of sp³-hybridized carbons (Fsp3) is 0.0345. The minimum absolute atomic E-state index is 0.353. The molecule has 0 fully saturated rings. The molecule has 0 spiro atoms. The summed E-state index contributed by atoms with van der Waals surface area (Å²) < 4.78 is 6.90.